The van der Waals surface area contributed by atoms with E-state index >= 15 is 0 Å². The molecule has 0 aliphatic carbocycles. The van der Waals surface area contributed by atoms with E-state index in [1.165, 1.54) is 0 Å². The first kappa shape index (κ1) is 28.8. The van der Waals surface area contributed by atoms with E-state index < -0.39 is 29.8 Å². The number of pyridine rings is 1. The zero-order valence-corrected chi connectivity index (χ0v) is 23.3. The standard InChI is InChI=1S/C32H35N5O5/c38-29-20-26(31(40)34-17-15-23-11-6-7-16-33-23)36-30(39)25-13-4-5-14-28(25)42-21-24-12-8-18-37(24)32(41)27(35-29)19-22-9-2-1-3-10-22/h1-7,9-11,13-14,16,24,26-27H,8,12,15,17-21H2,(H,34,40)(H,35,38)(H,36,39)/t24-,26+,27+/m1/s1. The number of hydrogen-bond acceptors (Lipinski definition) is 6. The van der Waals surface area contributed by atoms with Crippen molar-refractivity contribution in [3.63, 3.8) is 0 Å². The lowest BCUT2D eigenvalue weighted by molar-refractivity contribution is -0.138. The molecule has 42 heavy (non-hydrogen) atoms. The van der Waals surface area contributed by atoms with Crippen LogP contribution in [0, 0.1) is 0 Å². The normalized spacial score (nSPS) is 21.2. The molecule has 3 heterocycles. The molecular formula is C32H35N5O5. The number of carbonyl (C=O) groups excluding carboxylic acids is 4. The first-order chi connectivity index (χ1) is 20.5. The quantitative estimate of drug-likeness (QED) is 0.417. The van der Waals surface area contributed by atoms with E-state index in [-0.39, 0.29) is 37.1 Å². The summed E-state index contributed by atoms with van der Waals surface area (Å²) in [7, 11) is 0. The monoisotopic (exact) mass is 569 g/mol. The van der Waals surface area contributed by atoms with Gasteiger partial charge >= 0.3 is 0 Å². The second-order valence-electron chi connectivity index (χ2n) is 10.5. The number of ether oxygens (including phenoxy) is 1. The van der Waals surface area contributed by atoms with Gasteiger partial charge in [-0.2, -0.15) is 0 Å². The Bertz CT molecular complexity index is 1400. The van der Waals surface area contributed by atoms with Gasteiger partial charge in [-0.05, 0) is 42.7 Å². The largest absolute Gasteiger partial charge is 0.491 e. The number of amides is 4. The van der Waals surface area contributed by atoms with Crippen LogP contribution in [0.5, 0.6) is 5.75 Å². The highest BCUT2D eigenvalue weighted by atomic mass is 16.5. The molecule has 2 aliphatic heterocycles. The molecule has 10 heteroatoms. The van der Waals surface area contributed by atoms with Crippen molar-refractivity contribution in [3.8, 4) is 5.75 Å². The number of rotatable bonds is 6. The Morgan fingerprint density at radius 2 is 1.76 bits per heavy atom. The number of nitrogens with zero attached hydrogens (tertiary/aromatic N) is 2. The number of carbonyl (C=O) groups is 4. The number of para-hydroxylation sites is 1. The molecule has 0 bridgehead atoms. The van der Waals surface area contributed by atoms with Gasteiger partial charge in [-0.15, -0.1) is 0 Å². The van der Waals surface area contributed by atoms with Crippen LogP contribution < -0.4 is 20.7 Å². The fraction of sp³-hybridized carbons (Fsp3) is 0.344. The molecule has 1 saturated heterocycles. The number of benzene rings is 2. The van der Waals surface area contributed by atoms with E-state index in [0.717, 1.165) is 24.1 Å². The summed E-state index contributed by atoms with van der Waals surface area (Å²) in [5.74, 6) is -1.38. The maximum atomic E-state index is 13.8. The van der Waals surface area contributed by atoms with E-state index in [2.05, 4.69) is 20.9 Å². The van der Waals surface area contributed by atoms with Crippen LogP contribution in [0.2, 0.25) is 0 Å². The van der Waals surface area contributed by atoms with Crippen LogP contribution >= 0.6 is 0 Å². The van der Waals surface area contributed by atoms with Crippen LogP contribution in [-0.4, -0.2) is 71.3 Å². The SMILES string of the molecule is O=C1C[C@@H](C(=O)NCCc2ccccn2)NC(=O)c2ccccc2OC[C@H]2CCCN2C(=O)[C@H](Cc2ccccc2)N1. The van der Waals surface area contributed by atoms with E-state index in [1.807, 2.05) is 48.5 Å². The third kappa shape index (κ3) is 7.31. The summed E-state index contributed by atoms with van der Waals surface area (Å²) in [5.41, 5.74) is 1.95. The maximum Gasteiger partial charge on any atom is 0.255 e. The number of nitrogens with one attached hydrogen (secondary N) is 3. The highest BCUT2D eigenvalue weighted by Gasteiger charge is 2.36. The van der Waals surface area contributed by atoms with Crippen molar-refractivity contribution in [1.82, 2.24) is 25.8 Å². The predicted molar refractivity (Wildman–Crippen MR) is 156 cm³/mol. The molecule has 0 saturated carbocycles. The minimum absolute atomic E-state index is 0.190. The zero-order chi connectivity index (χ0) is 29.3. The van der Waals surface area contributed by atoms with Crippen molar-refractivity contribution < 1.29 is 23.9 Å². The van der Waals surface area contributed by atoms with Gasteiger partial charge in [-0.3, -0.25) is 24.2 Å². The van der Waals surface area contributed by atoms with Crippen molar-refractivity contribution in [1.29, 1.82) is 0 Å². The van der Waals surface area contributed by atoms with Gasteiger partial charge in [-0.25, -0.2) is 0 Å². The molecule has 10 nitrogen and oxygen atoms in total. The molecule has 3 aromatic rings. The van der Waals surface area contributed by atoms with Gasteiger partial charge in [0, 0.05) is 37.8 Å². The number of fused-ring (bicyclic) bond motifs is 2. The van der Waals surface area contributed by atoms with Gasteiger partial charge in [0.05, 0.1) is 18.0 Å². The highest BCUT2D eigenvalue weighted by Crippen LogP contribution is 2.24. The molecule has 5 rings (SSSR count). The fourth-order valence-electron chi connectivity index (χ4n) is 5.38. The number of aromatic nitrogens is 1. The summed E-state index contributed by atoms with van der Waals surface area (Å²) in [6, 6.07) is 19.6. The van der Waals surface area contributed by atoms with Crippen LogP contribution in [0.25, 0.3) is 0 Å². The van der Waals surface area contributed by atoms with E-state index in [1.54, 1.807) is 35.4 Å². The molecule has 0 unspecified atom stereocenters. The lowest BCUT2D eigenvalue weighted by Gasteiger charge is -2.30. The van der Waals surface area contributed by atoms with Crippen molar-refractivity contribution >= 4 is 23.6 Å². The average Bonchev–Trinajstić information content (AvgIpc) is 3.48. The van der Waals surface area contributed by atoms with Gasteiger partial charge in [0.15, 0.2) is 0 Å². The van der Waals surface area contributed by atoms with Crippen molar-refractivity contribution in [3.05, 3.63) is 95.8 Å². The van der Waals surface area contributed by atoms with E-state index in [0.29, 0.717) is 25.1 Å². The molecule has 4 amide bonds. The maximum absolute atomic E-state index is 13.8. The summed E-state index contributed by atoms with van der Waals surface area (Å²) < 4.78 is 6.10. The molecule has 3 N–H and O–H groups in total. The van der Waals surface area contributed by atoms with Crippen LogP contribution in [0.15, 0.2) is 79.0 Å². The molecule has 0 radical (unpaired) electrons. The minimum Gasteiger partial charge on any atom is -0.491 e. The summed E-state index contributed by atoms with van der Waals surface area (Å²) in [4.78, 5) is 60.0. The van der Waals surface area contributed by atoms with Crippen LogP contribution in [0.3, 0.4) is 0 Å². The topological polar surface area (TPSA) is 130 Å². The van der Waals surface area contributed by atoms with Gasteiger partial charge < -0.3 is 25.6 Å². The van der Waals surface area contributed by atoms with Crippen molar-refractivity contribution in [2.45, 2.75) is 50.2 Å². The van der Waals surface area contributed by atoms with Gasteiger partial charge in [-0.1, -0.05) is 48.5 Å². The first-order valence-electron chi connectivity index (χ1n) is 14.3. The summed E-state index contributed by atoms with van der Waals surface area (Å²) in [5, 5.41) is 8.41. The summed E-state index contributed by atoms with van der Waals surface area (Å²) in [6.45, 7) is 1.03. The van der Waals surface area contributed by atoms with Gasteiger partial charge in [0.25, 0.3) is 5.91 Å². The highest BCUT2D eigenvalue weighted by molar-refractivity contribution is 6.01. The van der Waals surface area contributed by atoms with Crippen molar-refractivity contribution in [2.75, 3.05) is 19.7 Å². The van der Waals surface area contributed by atoms with E-state index in [9.17, 15) is 19.2 Å². The molecule has 2 aromatic carbocycles. The Hall–Kier alpha value is -4.73. The van der Waals surface area contributed by atoms with E-state index in [4.69, 9.17) is 4.74 Å². The first-order valence-corrected chi connectivity index (χ1v) is 14.3. The van der Waals surface area contributed by atoms with Crippen LogP contribution in [-0.2, 0) is 27.2 Å². The Morgan fingerprint density at radius 3 is 2.57 bits per heavy atom. The summed E-state index contributed by atoms with van der Waals surface area (Å²) >= 11 is 0. The minimum atomic E-state index is -1.18. The average molecular weight is 570 g/mol. The lowest BCUT2D eigenvalue weighted by Crippen LogP contribution is -2.54. The van der Waals surface area contributed by atoms with Crippen LogP contribution in [0.1, 0.15) is 40.9 Å². The fourth-order valence-corrected chi connectivity index (χ4v) is 5.38. The molecule has 1 aromatic heterocycles. The zero-order valence-electron chi connectivity index (χ0n) is 23.3. The Kier molecular flexibility index (Phi) is 9.43. The molecular weight excluding hydrogens is 534 g/mol. The lowest BCUT2D eigenvalue weighted by atomic mass is 10.0. The molecule has 2 aliphatic rings. The third-order valence-corrected chi connectivity index (χ3v) is 7.56. The van der Waals surface area contributed by atoms with Gasteiger partial charge in [0.2, 0.25) is 17.7 Å². The molecule has 0 spiro atoms. The molecule has 218 valence electrons. The second-order valence-corrected chi connectivity index (χ2v) is 10.5. The Morgan fingerprint density at radius 1 is 0.976 bits per heavy atom. The number of hydrogen-bond donors (Lipinski definition) is 3. The molecule has 1 fully saturated rings. The third-order valence-electron chi connectivity index (χ3n) is 7.56. The Balaban J connectivity index is 1.40. The van der Waals surface area contributed by atoms with Crippen LogP contribution in [0.4, 0.5) is 0 Å². The van der Waals surface area contributed by atoms with Crippen molar-refractivity contribution in [2.24, 2.45) is 0 Å². The van der Waals surface area contributed by atoms with Gasteiger partial charge in [0.1, 0.15) is 24.4 Å². The Labute approximate surface area is 244 Å². The predicted octanol–water partition coefficient (Wildman–Crippen LogP) is 2.04. The summed E-state index contributed by atoms with van der Waals surface area (Å²) in [6.07, 6.45) is 3.69. The molecule has 3 atom stereocenters. The smallest absolute Gasteiger partial charge is 0.255 e. The second kappa shape index (κ2) is 13.8.